The van der Waals surface area contributed by atoms with Crippen molar-refractivity contribution in [2.24, 2.45) is 0 Å². The molecule has 2 rings (SSSR count). The van der Waals surface area contributed by atoms with E-state index in [0.29, 0.717) is 17.7 Å². The highest BCUT2D eigenvalue weighted by atomic mass is 127. The van der Waals surface area contributed by atoms with Crippen LogP contribution in [-0.4, -0.2) is 5.91 Å². The minimum atomic E-state index is -0.256. The average Bonchev–Trinajstić information content (AvgIpc) is 2.42. The first-order chi connectivity index (χ1) is 9.47. The Morgan fingerprint density at radius 1 is 1.30 bits per heavy atom. The van der Waals surface area contributed by atoms with Crippen LogP contribution < -0.4 is 5.32 Å². The maximum Gasteiger partial charge on any atom is 0.252 e. The molecular formula is C15H12BrFINO. The Hall–Kier alpha value is -0.950. The summed E-state index contributed by atoms with van der Waals surface area (Å²) in [5.74, 6) is -0.425. The molecule has 0 atom stereocenters. The van der Waals surface area contributed by atoms with Crippen LogP contribution in [0.1, 0.15) is 21.5 Å². The van der Waals surface area contributed by atoms with Crippen LogP contribution in [0.25, 0.3) is 0 Å². The quantitative estimate of drug-likeness (QED) is 0.693. The molecule has 0 aliphatic rings. The SMILES string of the molecule is Cc1ccc(CNC(=O)c2cc(Br)ccc2I)cc1F. The van der Waals surface area contributed by atoms with E-state index in [-0.39, 0.29) is 11.7 Å². The summed E-state index contributed by atoms with van der Waals surface area (Å²) >= 11 is 5.46. The molecule has 0 aliphatic heterocycles. The van der Waals surface area contributed by atoms with E-state index < -0.39 is 0 Å². The second kappa shape index (κ2) is 6.67. The minimum absolute atomic E-state index is 0.170. The van der Waals surface area contributed by atoms with Crippen molar-refractivity contribution in [3.05, 3.63) is 66.9 Å². The molecule has 20 heavy (non-hydrogen) atoms. The van der Waals surface area contributed by atoms with E-state index in [0.717, 1.165) is 13.6 Å². The van der Waals surface area contributed by atoms with Crippen LogP contribution in [0.5, 0.6) is 0 Å². The highest BCUT2D eigenvalue weighted by Gasteiger charge is 2.10. The fraction of sp³-hybridized carbons (Fsp3) is 0.133. The van der Waals surface area contributed by atoms with Gasteiger partial charge in [-0.05, 0) is 64.9 Å². The molecule has 1 N–H and O–H groups in total. The molecule has 0 saturated carbocycles. The molecule has 2 aromatic carbocycles. The van der Waals surface area contributed by atoms with Crippen molar-refractivity contribution in [1.29, 1.82) is 0 Å². The number of halogens is 3. The summed E-state index contributed by atoms with van der Waals surface area (Å²) in [7, 11) is 0. The summed E-state index contributed by atoms with van der Waals surface area (Å²) in [6.45, 7) is 2.01. The number of carbonyl (C=O) groups is 1. The van der Waals surface area contributed by atoms with Gasteiger partial charge >= 0.3 is 0 Å². The van der Waals surface area contributed by atoms with Gasteiger partial charge < -0.3 is 5.32 Å². The van der Waals surface area contributed by atoms with Gasteiger partial charge in [0.2, 0.25) is 0 Å². The molecule has 1 amide bonds. The van der Waals surface area contributed by atoms with Crippen molar-refractivity contribution < 1.29 is 9.18 Å². The molecule has 0 unspecified atom stereocenters. The average molecular weight is 448 g/mol. The minimum Gasteiger partial charge on any atom is -0.348 e. The lowest BCUT2D eigenvalue weighted by Crippen LogP contribution is -2.23. The maximum absolute atomic E-state index is 13.4. The highest BCUT2D eigenvalue weighted by Crippen LogP contribution is 2.18. The third-order valence-corrected chi connectivity index (χ3v) is 4.30. The fourth-order valence-corrected chi connectivity index (χ4v) is 2.64. The summed E-state index contributed by atoms with van der Waals surface area (Å²) in [4.78, 5) is 12.1. The van der Waals surface area contributed by atoms with Crippen LogP contribution in [0, 0.1) is 16.3 Å². The second-order valence-corrected chi connectivity index (χ2v) is 6.47. The third-order valence-electron chi connectivity index (χ3n) is 2.86. The van der Waals surface area contributed by atoms with Crippen molar-refractivity contribution in [3.8, 4) is 0 Å². The molecule has 2 nitrogen and oxygen atoms in total. The predicted molar refractivity (Wildman–Crippen MR) is 89.2 cm³/mol. The van der Waals surface area contributed by atoms with Crippen LogP contribution >= 0.6 is 38.5 Å². The largest absolute Gasteiger partial charge is 0.348 e. The molecule has 0 saturated heterocycles. The van der Waals surface area contributed by atoms with Crippen molar-refractivity contribution in [2.45, 2.75) is 13.5 Å². The van der Waals surface area contributed by atoms with Crippen molar-refractivity contribution in [2.75, 3.05) is 0 Å². The topological polar surface area (TPSA) is 29.1 Å². The van der Waals surface area contributed by atoms with E-state index in [4.69, 9.17) is 0 Å². The Bertz CT molecular complexity index is 660. The number of nitrogens with one attached hydrogen (secondary N) is 1. The van der Waals surface area contributed by atoms with Gasteiger partial charge in [-0.25, -0.2) is 4.39 Å². The number of hydrogen-bond acceptors (Lipinski definition) is 1. The second-order valence-electron chi connectivity index (χ2n) is 4.39. The Balaban J connectivity index is 2.08. The van der Waals surface area contributed by atoms with E-state index in [9.17, 15) is 9.18 Å². The molecule has 0 spiro atoms. The van der Waals surface area contributed by atoms with Gasteiger partial charge in [0.15, 0.2) is 0 Å². The lowest BCUT2D eigenvalue weighted by atomic mass is 10.1. The predicted octanol–water partition coefficient (Wildman–Crippen LogP) is 4.43. The molecule has 2 aromatic rings. The van der Waals surface area contributed by atoms with Gasteiger partial charge in [0.25, 0.3) is 5.91 Å². The molecule has 0 aliphatic carbocycles. The third kappa shape index (κ3) is 3.79. The van der Waals surface area contributed by atoms with Gasteiger partial charge in [0.05, 0.1) is 5.56 Å². The van der Waals surface area contributed by atoms with Gasteiger partial charge in [-0.3, -0.25) is 4.79 Å². The van der Waals surface area contributed by atoms with Gasteiger partial charge in [-0.1, -0.05) is 28.1 Å². The number of aryl methyl sites for hydroxylation is 1. The molecule has 0 aromatic heterocycles. The van der Waals surface area contributed by atoms with Crippen LogP contribution in [0.4, 0.5) is 4.39 Å². The number of hydrogen-bond donors (Lipinski definition) is 1. The van der Waals surface area contributed by atoms with E-state index in [1.807, 2.05) is 18.2 Å². The van der Waals surface area contributed by atoms with Crippen molar-refractivity contribution in [3.63, 3.8) is 0 Å². The summed E-state index contributed by atoms with van der Waals surface area (Å²) in [6.07, 6.45) is 0. The van der Waals surface area contributed by atoms with Crippen LogP contribution in [0.15, 0.2) is 40.9 Å². The number of rotatable bonds is 3. The Kier molecular flexibility index (Phi) is 5.15. The van der Waals surface area contributed by atoms with Gasteiger partial charge in [0, 0.05) is 14.6 Å². The Labute approximate surface area is 139 Å². The monoisotopic (exact) mass is 447 g/mol. The summed E-state index contributed by atoms with van der Waals surface area (Å²) < 4.78 is 15.1. The molecule has 0 bridgehead atoms. The Morgan fingerprint density at radius 2 is 2.05 bits per heavy atom. The maximum atomic E-state index is 13.4. The molecular weight excluding hydrogens is 436 g/mol. The fourth-order valence-electron chi connectivity index (χ4n) is 1.70. The first-order valence-electron chi connectivity index (χ1n) is 5.95. The van der Waals surface area contributed by atoms with E-state index in [1.54, 1.807) is 19.1 Å². The zero-order valence-corrected chi connectivity index (χ0v) is 14.5. The van der Waals surface area contributed by atoms with Gasteiger partial charge in [-0.2, -0.15) is 0 Å². The summed E-state index contributed by atoms with van der Waals surface area (Å²) in [5, 5.41) is 2.80. The van der Waals surface area contributed by atoms with Crippen LogP contribution in [0.2, 0.25) is 0 Å². The highest BCUT2D eigenvalue weighted by molar-refractivity contribution is 14.1. The van der Waals surface area contributed by atoms with E-state index in [1.165, 1.54) is 6.07 Å². The molecule has 0 fully saturated rings. The van der Waals surface area contributed by atoms with Gasteiger partial charge in [-0.15, -0.1) is 0 Å². The van der Waals surface area contributed by atoms with Crippen LogP contribution in [-0.2, 0) is 6.54 Å². The Morgan fingerprint density at radius 3 is 2.75 bits per heavy atom. The van der Waals surface area contributed by atoms with Crippen molar-refractivity contribution >= 4 is 44.4 Å². The lowest BCUT2D eigenvalue weighted by Gasteiger charge is -2.08. The lowest BCUT2D eigenvalue weighted by molar-refractivity contribution is 0.0950. The standard InChI is InChI=1S/C15H12BrFINO/c1-9-2-3-10(6-13(9)17)8-19-15(20)12-7-11(16)4-5-14(12)18/h2-7H,8H2,1H3,(H,19,20). The first-order valence-corrected chi connectivity index (χ1v) is 7.83. The molecule has 5 heteroatoms. The first kappa shape index (κ1) is 15.4. The summed E-state index contributed by atoms with van der Waals surface area (Å²) in [6, 6.07) is 10.5. The number of amides is 1. The van der Waals surface area contributed by atoms with E-state index >= 15 is 0 Å². The van der Waals surface area contributed by atoms with Crippen LogP contribution in [0.3, 0.4) is 0 Å². The molecule has 104 valence electrons. The van der Waals surface area contributed by atoms with Crippen molar-refractivity contribution in [1.82, 2.24) is 5.32 Å². The van der Waals surface area contributed by atoms with E-state index in [2.05, 4.69) is 43.8 Å². The normalized spacial score (nSPS) is 10.4. The molecule has 0 radical (unpaired) electrons. The zero-order valence-electron chi connectivity index (χ0n) is 10.7. The zero-order chi connectivity index (χ0) is 14.7. The summed E-state index contributed by atoms with van der Waals surface area (Å²) in [5.41, 5.74) is 1.95. The molecule has 0 heterocycles. The van der Waals surface area contributed by atoms with Gasteiger partial charge in [0.1, 0.15) is 5.82 Å². The smallest absolute Gasteiger partial charge is 0.252 e. The number of carbonyl (C=O) groups excluding carboxylic acids is 1. The number of benzene rings is 2.